The lowest BCUT2D eigenvalue weighted by Gasteiger charge is -2.28. The number of nitrogens with one attached hydrogen (secondary N) is 2. The van der Waals surface area contributed by atoms with E-state index in [1.165, 1.54) is 44.0 Å². The highest BCUT2D eigenvalue weighted by molar-refractivity contribution is 7.89. The molecule has 3 aliphatic rings. The second kappa shape index (κ2) is 7.16. The monoisotopic (exact) mass is 389 g/mol. The number of hydrogen-bond donors (Lipinski definition) is 2. The van der Waals surface area contributed by atoms with Gasteiger partial charge in [-0.25, -0.2) is 12.8 Å². The van der Waals surface area contributed by atoms with Gasteiger partial charge >= 0.3 is 0 Å². The number of sulfonamides is 1. The van der Waals surface area contributed by atoms with E-state index in [9.17, 15) is 12.8 Å². The fourth-order valence-corrected chi connectivity index (χ4v) is 6.13. The molecule has 2 unspecified atom stereocenters. The van der Waals surface area contributed by atoms with Gasteiger partial charge in [-0.15, -0.1) is 0 Å². The molecule has 7 heteroatoms. The molecule has 0 radical (unpaired) electrons. The Balaban J connectivity index is 1.53. The lowest BCUT2D eigenvalue weighted by molar-refractivity contribution is 0.301. The van der Waals surface area contributed by atoms with Crippen LogP contribution in [0.1, 0.15) is 49.8 Å². The third-order valence-electron chi connectivity index (χ3n) is 6.22. The summed E-state index contributed by atoms with van der Waals surface area (Å²) in [6.07, 6.45) is 10.6. The number of hydrogen-bond acceptors (Lipinski definition) is 3. The van der Waals surface area contributed by atoms with E-state index >= 15 is 0 Å². The molecule has 1 fully saturated rings. The van der Waals surface area contributed by atoms with E-state index in [1.54, 1.807) is 0 Å². The first kappa shape index (κ1) is 18.3. The topological polar surface area (TPSA) is 85.8 Å². The molecule has 3 aliphatic carbocycles. The molecule has 1 aromatic heterocycles. The molecule has 0 aliphatic heterocycles. The Labute approximate surface area is 159 Å². The molecule has 0 spiro atoms. The smallest absolute Gasteiger partial charge is 0.263 e. The van der Waals surface area contributed by atoms with Crippen LogP contribution in [0, 0.1) is 23.2 Å². The molecule has 0 saturated heterocycles. The van der Waals surface area contributed by atoms with Crippen molar-refractivity contribution < 1.29 is 12.8 Å². The van der Waals surface area contributed by atoms with E-state index in [0.717, 1.165) is 36.4 Å². The van der Waals surface area contributed by atoms with Gasteiger partial charge in [-0.1, -0.05) is 25.7 Å². The van der Waals surface area contributed by atoms with Crippen molar-refractivity contribution in [1.29, 1.82) is 5.26 Å². The van der Waals surface area contributed by atoms with Crippen LogP contribution >= 0.6 is 0 Å². The highest BCUT2D eigenvalue weighted by Gasteiger charge is 2.33. The Hall–Kier alpha value is -2.07. The Morgan fingerprint density at radius 1 is 1.15 bits per heavy atom. The van der Waals surface area contributed by atoms with Crippen molar-refractivity contribution in [1.82, 2.24) is 9.71 Å². The zero-order valence-electron chi connectivity index (χ0n) is 15.2. The van der Waals surface area contributed by atoms with Gasteiger partial charge in [0.1, 0.15) is 11.1 Å². The molecule has 2 N–H and O–H groups in total. The molecular formula is C20H24FN3O2S. The normalized spacial score (nSPS) is 26.1. The van der Waals surface area contributed by atoms with Crippen molar-refractivity contribution in [2.75, 3.05) is 0 Å². The average molecular weight is 389 g/mol. The minimum Gasteiger partial charge on any atom is -0.363 e. The van der Waals surface area contributed by atoms with E-state index in [1.807, 2.05) is 6.07 Å². The van der Waals surface area contributed by atoms with Crippen molar-refractivity contribution in [3.63, 3.8) is 0 Å². The molecule has 0 amide bonds. The molecule has 144 valence electrons. The maximum Gasteiger partial charge on any atom is 0.263 e. The molecule has 1 aromatic rings. The standard InChI is InChI=1S/C20H24FN3O2S/c21-17-9-13(11-22)5-8-18(17)24-27(25,26)20-12-23-19-10-15(6-7-16(19)20)14-3-1-2-4-14/h5,8,12,14-15,17,23-24H,1-4,6-7,9-10H2. The van der Waals surface area contributed by atoms with Crippen LogP contribution in [0.25, 0.3) is 0 Å². The summed E-state index contributed by atoms with van der Waals surface area (Å²) in [4.78, 5) is 3.39. The fourth-order valence-electron chi connectivity index (χ4n) is 4.75. The SMILES string of the molecule is N#CC1=CC=C(NS(=O)(=O)c2c[nH]c3c2CCC(C2CCCC2)C3)C(F)C1. The van der Waals surface area contributed by atoms with Crippen LogP contribution in [0.4, 0.5) is 4.39 Å². The number of aromatic amines is 1. The van der Waals surface area contributed by atoms with Crippen molar-refractivity contribution in [3.8, 4) is 6.07 Å². The summed E-state index contributed by atoms with van der Waals surface area (Å²) in [5.41, 5.74) is 2.16. The van der Waals surface area contributed by atoms with Crippen molar-refractivity contribution in [2.45, 2.75) is 62.4 Å². The van der Waals surface area contributed by atoms with E-state index in [0.29, 0.717) is 11.5 Å². The second-order valence-corrected chi connectivity index (χ2v) is 9.51. The molecule has 1 heterocycles. The highest BCUT2D eigenvalue weighted by Crippen LogP contribution is 2.40. The van der Waals surface area contributed by atoms with Gasteiger partial charge in [0.15, 0.2) is 0 Å². The van der Waals surface area contributed by atoms with E-state index in [4.69, 9.17) is 5.26 Å². The lowest BCUT2D eigenvalue weighted by atomic mass is 9.79. The van der Waals surface area contributed by atoms with Gasteiger partial charge in [-0.05, 0) is 48.8 Å². The van der Waals surface area contributed by atoms with Crippen LogP contribution in [0.15, 0.2) is 34.5 Å². The summed E-state index contributed by atoms with van der Waals surface area (Å²) in [5, 5.41) is 8.85. The van der Waals surface area contributed by atoms with Gasteiger partial charge in [0, 0.05) is 23.9 Å². The number of allylic oxidation sites excluding steroid dienone is 4. The van der Waals surface area contributed by atoms with Crippen LogP contribution in [0.2, 0.25) is 0 Å². The first-order chi connectivity index (χ1) is 13.0. The molecule has 2 atom stereocenters. The zero-order valence-corrected chi connectivity index (χ0v) is 16.0. The molecule has 4 rings (SSSR count). The van der Waals surface area contributed by atoms with Crippen molar-refractivity contribution in [3.05, 3.63) is 40.9 Å². The van der Waals surface area contributed by atoms with Crippen LogP contribution in [0.3, 0.4) is 0 Å². The Morgan fingerprint density at radius 2 is 1.93 bits per heavy atom. The number of alkyl halides is 1. The minimum atomic E-state index is -3.85. The molecule has 1 saturated carbocycles. The average Bonchev–Trinajstić information content (AvgIpc) is 3.32. The summed E-state index contributed by atoms with van der Waals surface area (Å²) in [6.45, 7) is 0. The Kier molecular flexibility index (Phi) is 4.85. The predicted molar refractivity (Wildman–Crippen MR) is 99.9 cm³/mol. The van der Waals surface area contributed by atoms with Crippen molar-refractivity contribution >= 4 is 10.0 Å². The predicted octanol–water partition coefficient (Wildman–Crippen LogP) is 3.66. The van der Waals surface area contributed by atoms with Crippen LogP contribution in [-0.4, -0.2) is 19.6 Å². The largest absolute Gasteiger partial charge is 0.363 e. The molecule has 0 aromatic carbocycles. The number of H-pyrrole nitrogens is 1. The summed E-state index contributed by atoms with van der Waals surface area (Å²) < 4.78 is 42.3. The maximum absolute atomic E-state index is 14.2. The van der Waals surface area contributed by atoms with Gasteiger partial charge in [0.2, 0.25) is 0 Å². The minimum absolute atomic E-state index is 0.0106. The summed E-state index contributed by atoms with van der Waals surface area (Å²) >= 11 is 0. The van der Waals surface area contributed by atoms with Gasteiger partial charge < -0.3 is 4.98 Å². The number of rotatable bonds is 4. The highest BCUT2D eigenvalue weighted by atomic mass is 32.2. The van der Waals surface area contributed by atoms with Crippen LogP contribution in [0.5, 0.6) is 0 Å². The fraction of sp³-hybridized carbons (Fsp3) is 0.550. The number of nitrogens with zero attached hydrogens (tertiary/aromatic N) is 1. The van der Waals surface area contributed by atoms with Crippen LogP contribution < -0.4 is 4.72 Å². The molecular weight excluding hydrogens is 365 g/mol. The third-order valence-corrected chi connectivity index (χ3v) is 7.67. The van der Waals surface area contributed by atoms with E-state index in [2.05, 4.69) is 9.71 Å². The number of aromatic nitrogens is 1. The van der Waals surface area contributed by atoms with Crippen molar-refractivity contribution in [2.24, 2.45) is 11.8 Å². The van der Waals surface area contributed by atoms with Gasteiger partial charge in [0.25, 0.3) is 10.0 Å². The summed E-state index contributed by atoms with van der Waals surface area (Å²) in [6, 6.07) is 1.91. The summed E-state index contributed by atoms with van der Waals surface area (Å²) in [7, 11) is -3.85. The van der Waals surface area contributed by atoms with E-state index in [-0.39, 0.29) is 17.0 Å². The van der Waals surface area contributed by atoms with Crippen LogP contribution in [-0.2, 0) is 22.9 Å². The summed E-state index contributed by atoms with van der Waals surface area (Å²) in [5.74, 6) is 1.40. The third kappa shape index (κ3) is 3.55. The molecule has 5 nitrogen and oxygen atoms in total. The Bertz CT molecular complexity index is 933. The Morgan fingerprint density at radius 3 is 2.63 bits per heavy atom. The molecule has 0 bridgehead atoms. The first-order valence-corrected chi connectivity index (χ1v) is 11.1. The number of fused-ring (bicyclic) bond motifs is 1. The quantitative estimate of drug-likeness (QED) is 0.824. The van der Waals surface area contributed by atoms with E-state index < -0.39 is 16.2 Å². The lowest BCUT2D eigenvalue weighted by Crippen LogP contribution is -2.30. The molecule has 27 heavy (non-hydrogen) atoms. The number of halogens is 1. The van der Waals surface area contributed by atoms with Gasteiger partial charge in [-0.3, -0.25) is 4.72 Å². The van der Waals surface area contributed by atoms with Gasteiger partial charge in [-0.2, -0.15) is 5.26 Å². The first-order valence-electron chi connectivity index (χ1n) is 9.65. The van der Waals surface area contributed by atoms with Gasteiger partial charge in [0.05, 0.1) is 11.8 Å². The second-order valence-electron chi connectivity index (χ2n) is 7.86. The number of nitriles is 1. The zero-order chi connectivity index (χ0) is 19.0. The maximum atomic E-state index is 14.2.